The summed E-state index contributed by atoms with van der Waals surface area (Å²) in [5, 5.41) is 0. The summed E-state index contributed by atoms with van der Waals surface area (Å²) in [6, 6.07) is 0. The van der Waals surface area contributed by atoms with Gasteiger partial charge in [-0.25, -0.2) is 4.79 Å². The second-order valence-electron chi connectivity index (χ2n) is 5.03. The van der Waals surface area contributed by atoms with E-state index >= 15 is 0 Å². The van der Waals surface area contributed by atoms with Crippen molar-refractivity contribution in [3.63, 3.8) is 0 Å². The summed E-state index contributed by atoms with van der Waals surface area (Å²) in [6.45, 7) is 0.980. The molecule has 0 aromatic rings. The molecule has 4 heteroatoms. The Morgan fingerprint density at radius 1 is 1.31 bits per heavy atom. The topological polar surface area (TPSA) is 61.6 Å². The van der Waals surface area contributed by atoms with E-state index in [-0.39, 0.29) is 17.6 Å². The first-order valence-corrected chi connectivity index (χ1v) is 6.27. The van der Waals surface area contributed by atoms with Crippen LogP contribution in [0.5, 0.6) is 0 Å². The third-order valence-corrected chi connectivity index (χ3v) is 3.56. The Balaban J connectivity index is 1.80. The van der Waals surface area contributed by atoms with Crippen molar-refractivity contribution in [1.82, 2.24) is 0 Å². The predicted octanol–water partition coefficient (Wildman–Crippen LogP) is 1.37. The first-order valence-electron chi connectivity index (χ1n) is 6.27. The number of rotatable bonds is 3. The van der Waals surface area contributed by atoms with Crippen molar-refractivity contribution in [2.75, 3.05) is 13.2 Å². The summed E-state index contributed by atoms with van der Waals surface area (Å²) in [6.07, 6.45) is 7.21. The van der Waals surface area contributed by atoms with E-state index in [2.05, 4.69) is 0 Å². The van der Waals surface area contributed by atoms with Crippen LogP contribution >= 0.6 is 0 Å². The monoisotopic (exact) mass is 227 g/mol. The van der Waals surface area contributed by atoms with Gasteiger partial charge in [0, 0.05) is 12.0 Å². The van der Waals surface area contributed by atoms with Crippen LogP contribution in [0.1, 0.15) is 44.9 Å². The van der Waals surface area contributed by atoms with Crippen molar-refractivity contribution in [2.24, 2.45) is 5.73 Å². The molecule has 0 bridgehead atoms. The minimum absolute atomic E-state index is 0.223. The van der Waals surface area contributed by atoms with Crippen LogP contribution < -0.4 is 5.73 Å². The van der Waals surface area contributed by atoms with Gasteiger partial charge in [0.15, 0.2) is 6.10 Å². The second kappa shape index (κ2) is 5.15. The SMILES string of the molecule is NC1(COC2CCOC2=O)CCCCCC1. The van der Waals surface area contributed by atoms with Crippen LogP contribution in [-0.2, 0) is 14.3 Å². The maximum atomic E-state index is 11.2. The smallest absolute Gasteiger partial charge is 0.335 e. The number of cyclic esters (lactones) is 1. The molecular weight excluding hydrogens is 206 g/mol. The lowest BCUT2D eigenvalue weighted by atomic mass is 9.92. The Morgan fingerprint density at radius 2 is 2.00 bits per heavy atom. The number of carbonyl (C=O) groups is 1. The highest BCUT2D eigenvalue weighted by Crippen LogP contribution is 2.26. The standard InChI is InChI=1S/C12H21NO3/c13-12(6-3-1-2-4-7-12)9-16-10-5-8-15-11(10)14/h10H,1-9,13H2. The first-order chi connectivity index (χ1) is 7.70. The maximum absolute atomic E-state index is 11.2. The number of nitrogens with two attached hydrogens (primary N) is 1. The van der Waals surface area contributed by atoms with Gasteiger partial charge in [-0.1, -0.05) is 25.7 Å². The van der Waals surface area contributed by atoms with E-state index < -0.39 is 0 Å². The molecule has 2 aliphatic rings. The highest BCUT2D eigenvalue weighted by Gasteiger charge is 2.32. The number of hydrogen-bond donors (Lipinski definition) is 1. The molecule has 2 fully saturated rings. The molecule has 1 unspecified atom stereocenters. The quantitative estimate of drug-likeness (QED) is 0.584. The van der Waals surface area contributed by atoms with Gasteiger partial charge < -0.3 is 15.2 Å². The van der Waals surface area contributed by atoms with E-state index in [9.17, 15) is 4.79 Å². The number of ether oxygens (including phenoxy) is 2. The molecule has 16 heavy (non-hydrogen) atoms. The van der Waals surface area contributed by atoms with Gasteiger partial charge in [-0.05, 0) is 12.8 Å². The van der Waals surface area contributed by atoms with Crippen LogP contribution in [0.15, 0.2) is 0 Å². The van der Waals surface area contributed by atoms with Crippen LogP contribution in [0.2, 0.25) is 0 Å². The highest BCUT2D eigenvalue weighted by atomic mass is 16.6. The maximum Gasteiger partial charge on any atom is 0.335 e. The summed E-state index contributed by atoms with van der Waals surface area (Å²) in [7, 11) is 0. The van der Waals surface area contributed by atoms with Crippen molar-refractivity contribution in [3.8, 4) is 0 Å². The summed E-state index contributed by atoms with van der Waals surface area (Å²) in [4.78, 5) is 11.2. The highest BCUT2D eigenvalue weighted by molar-refractivity contribution is 5.76. The fourth-order valence-corrected chi connectivity index (χ4v) is 2.47. The Hall–Kier alpha value is -0.610. The number of hydrogen-bond acceptors (Lipinski definition) is 4. The lowest BCUT2D eigenvalue weighted by Gasteiger charge is -2.28. The third-order valence-electron chi connectivity index (χ3n) is 3.56. The van der Waals surface area contributed by atoms with Crippen LogP contribution in [-0.4, -0.2) is 30.8 Å². The van der Waals surface area contributed by atoms with Gasteiger partial charge in [-0.2, -0.15) is 0 Å². The molecule has 0 spiro atoms. The molecule has 1 saturated heterocycles. The lowest BCUT2D eigenvalue weighted by Crippen LogP contribution is -2.45. The lowest BCUT2D eigenvalue weighted by molar-refractivity contribution is -0.148. The molecule has 0 radical (unpaired) electrons. The Bertz CT molecular complexity index is 247. The van der Waals surface area contributed by atoms with Gasteiger partial charge in [0.05, 0.1) is 13.2 Å². The van der Waals surface area contributed by atoms with Crippen LogP contribution in [0.4, 0.5) is 0 Å². The van der Waals surface area contributed by atoms with Crippen LogP contribution in [0, 0.1) is 0 Å². The Kier molecular flexibility index (Phi) is 3.82. The Morgan fingerprint density at radius 3 is 2.56 bits per heavy atom. The molecule has 1 aliphatic heterocycles. The molecule has 0 amide bonds. The van der Waals surface area contributed by atoms with Gasteiger partial charge in [0.25, 0.3) is 0 Å². The van der Waals surface area contributed by atoms with E-state index in [1.165, 1.54) is 25.7 Å². The first kappa shape index (κ1) is 11.9. The van der Waals surface area contributed by atoms with E-state index in [0.29, 0.717) is 19.6 Å². The molecule has 0 aromatic carbocycles. The van der Waals surface area contributed by atoms with Gasteiger partial charge in [-0.3, -0.25) is 0 Å². The summed E-state index contributed by atoms with van der Waals surface area (Å²) < 4.78 is 10.5. The van der Waals surface area contributed by atoms with E-state index in [1.54, 1.807) is 0 Å². The fourth-order valence-electron chi connectivity index (χ4n) is 2.47. The van der Waals surface area contributed by atoms with Crippen LogP contribution in [0.3, 0.4) is 0 Å². The van der Waals surface area contributed by atoms with Crippen molar-refractivity contribution < 1.29 is 14.3 Å². The van der Waals surface area contributed by atoms with Crippen molar-refractivity contribution in [2.45, 2.75) is 56.6 Å². The van der Waals surface area contributed by atoms with Crippen molar-refractivity contribution >= 4 is 5.97 Å². The average Bonchev–Trinajstić information content (AvgIpc) is 2.54. The zero-order chi connectivity index (χ0) is 11.4. The Labute approximate surface area is 96.5 Å². The van der Waals surface area contributed by atoms with E-state index in [0.717, 1.165) is 12.8 Å². The zero-order valence-corrected chi connectivity index (χ0v) is 9.74. The molecular formula is C12H21NO3. The number of carbonyl (C=O) groups excluding carboxylic acids is 1. The largest absolute Gasteiger partial charge is 0.464 e. The predicted molar refractivity (Wildman–Crippen MR) is 59.9 cm³/mol. The molecule has 92 valence electrons. The van der Waals surface area contributed by atoms with Crippen molar-refractivity contribution in [3.05, 3.63) is 0 Å². The number of esters is 1. The second-order valence-corrected chi connectivity index (χ2v) is 5.03. The van der Waals surface area contributed by atoms with Gasteiger partial charge in [-0.15, -0.1) is 0 Å². The molecule has 1 heterocycles. The molecule has 1 saturated carbocycles. The molecule has 0 aromatic heterocycles. The molecule has 2 N–H and O–H groups in total. The minimum Gasteiger partial charge on any atom is -0.464 e. The van der Waals surface area contributed by atoms with Gasteiger partial charge in [0.2, 0.25) is 0 Å². The molecule has 1 atom stereocenters. The van der Waals surface area contributed by atoms with Gasteiger partial charge >= 0.3 is 5.97 Å². The van der Waals surface area contributed by atoms with E-state index in [4.69, 9.17) is 15.2 Å². The van der Waals surface area contributed by atoms with Crippen LogP contribution in [0.25, 0.3) is 0 Å². The fraction of sp³-hybridized carbons (Fsp3) is 0.917. The zero-order valence-electron chi connectivity index (χ0n) is 9.74. The molecule has 2 rings (SSSR count). The molecule has 1 aliphatic carbocycles. The summed E-state index contributed by atoms with van der Waals surface area (Å²) in [5.41, 5.74) is 6.08. The average molecular weight is 227 g/mol. The van der Waals surface area contributed by atoms with Crippen molar-refractivity contribution in [1.29, 1.82) is 0 Å². The minimum atomic E-state index is -0.372. The third kappa shape index (κ3) is 2.95. The van der Waals surface area contributed by atoms with E-state index in [1.807, 2.05) is 0 Å². The summed E-state index contributed by atoms with van der Waals surface area (Å²) >= 11 is 0. The summed E-state index contributed by atoms with van der Waals surface area (Å²) in [5.74, 6) is -0.225. The van der Waals surface area contributed by atoms with Gasteiger partial charge in [0.1, 0.15) is 0 Å². The molecule has 4 nitrogen and oxygen atoms in total. The normalized spacial score (nSPS) is 29.8.